The summed E-state index contributed by atoms with van der Waals surface area (Å²) < 4.78 is 0. The van der Waals surface area contributed by atoms with E-state index < -0.39 is 0 Å². The molecule has 2 aromatic carbocycles. The normalized spacial score (nSPS) is 12.0. The van der Waals surface area contributed by atoms with Crippen LogP contribution in [-0.2, 0) is 4.79 Å². The fourth-order valence-electron chi connectivity index (χ4n) is 2.50. The Bertz CT molecular complexity index is 594. The second kappa shape index (κ2) is 5.91. The van der Waals surface area contributed by atoms with Gasteiger partial charge in [0.25, 0.3) is 0 Å². The van der Waals surface area contributed by atoms with E-state index in [1.54, 1.807) is 0 Å². The molecular formula is C18H21NO. The largest absolute Gasteiger partial charge is 0.325 e. The third-order valence-electron chi connectivity index (χ3n) is 3.62. The standard InChI is InChI=1S/C18H21NO/c1-12-10-13(2)17(14(3)11-12)19-18(20)15(4)16-8-6-5-7-9-16/h5-11,15H,1-4H3,(H,19,20)/t15-/m0/s1. The van der Waals surface area contributed by atoms with Crippen molar-refractivity contribution in [3.8, 4) is 0 Å². The highest BCUT2D eigenvalue weighted by Crippen LogP contribution is 2.24. The second-order valence-corrected chi connectivity index (χ2v) is 5.40. The van der Waals surface area contributed by atoms with Gasteiger partial charge in [0.15, 0.2) is 0 Å². The van der Waals surface area contributed by atoms with Crippen molar-refractivity contribution in [1.29, 1.82) is 0 Å². The fraction of sp³-hybridized carbons (Fsp3) is 0.278. The van der Waals surface area contributed by atoms with E-state index >= 15 is 0 Å². The summed E-state index contributed by atoms with van der Waals surface area (Å²) in [6.07, 6.45) is 0. The minimum Gasteiger partial charge on any atom is -0.325 e. The van der Waals surface area contributed by atoms with Crippen LogP contribution in [0.5, 0.6) is 0 Å². The Morgan fingerprint density at radius 3 is 2.10 bits per heavy atom. The molecule has 104 valence electrons. The van der Waals surface area contributed by atoms with Gasteiger partial charge in [-0.05, 0) is 44.4 Å². The van der Waals surface area contributed by atoms with Crippen LogP contribution in [0, 0.1) is 20.8 Å². The van der Waals surface area contributed by atoms with Gasteiger partial charge in [-0.3, -0.25) is 4.79 Å². The molecule has 0 radical (unpaired) electrons. The number of rotatable bonds is 3. The maximum absolute atomic E-state index is 12.4. The maximum atomic E-state index is 12.4. The number of hydrogen-bond donors (Lipinski definition) is 1. The van der Waals surface area contributed by atoms with Crippen molar-refractivity contribution in [3.63, 3.8) is 0 Å². The van der Waals surface area contributed by atoms with Gasteiger partial charge in [-0.25, -0.2) is 0 Å². The molecule has 2 heteroatoms. The van der Waals surface area contributed by atoms with Gasteiger partial charge in [0.05, 0.1) is 5.92 Å². The van der Waals surface area contributed by atoms with E-state index in [4.69, 9.17) is 0 Å². The highest BCUT2D eigenvalue weighted by Gasteiger charge is 2.16. The molecule has 2 rings (SSSR count). The first-order valence-corrected chi connectivity index (χ1v) is 6.92. The second-order valence-electron chi connectivity index (χ2n) is 5.40. The SMILES string of the molecule is Cc1cc(C)c(NC(=O)[C@@H](C)c2ccccc2)c(C)c1. The fourth-order valence-corrected chi connectivity index (χ4v) is 2.50. The molecule has 0 unspecified atom stereocenters. The van der Waals surface area contributed by atoms with Gasteiger partial charge in [-0.2, -0.15) is 0 Å². The lowest BCUT2D eigenvalue weighted by Crippen LogP contribution is -2.20. The number of nitrogens with one attached hydrogen (secondary N) is 1. The molecule has 1 N–H and O–H groups in total. The van der Waals surface area contributed by atoms with Crippen LogP contribution in [0.3, 0.4) is 0 Å². The van der Waals surface area contributed by atoms with Gasteiger partial charge in [-0.15, -0.1) is 0 Å². The number of carbonyl (C=O) groups is 1. The van der Waals surface area contributed by atoms with E-state index in [1.807, 2.05) is 51.1 Å². The summed E-state index contributed by atoms with van der Waals surface area (Å²) in [6.45, 7) is 8.06. The van der Waals surface area contributed by atoms with Crippen molar-refractivity contribution in [1.82, 2.24) is 0 Å². The molecule has 2 aromatic rings. The molecule has 1 atom stereocenters. The molecule has 20 heavy (non-hydrogen) atoms. The molecule has 0 heterocycles. The maximum Gasteiger partial charge on any atom is 0.231 e. The Morgan fingerprint density at radius 2 is 1.55 bits per heavy atom. The van der Waals surface area contributed by atoms with Crippen molar-refractivity contribution < 1.29 is 4.79 Å². The molecule has 0 fully saturated rings. The highest BCUT2D eigenvalue weighted by atomic mass is 16.1. The Balaban J connectivity index is 2.20. The number of benzene rings is 2. The number of amides is 1. The van der Waals surface area contributed by atoms with E-state index in [1.165, 1.54) is 5.56 Å². The summed E-state index contributed by atoms with van der Waals surface area (Å²) in [7, 11) is 0. The molecule has 2 nitrogen and oxygen atoms in total. The zero-order valence-electron chi connectivity index (χ0n) is 12.5. The third-order valence-corrected chi connectivity index (χ3v) is 3.62. The predicted molar refractivity (Wildman–Crippen MR) is 84.1 cm³/mol. The summed E-state index contributed by atoms with van der Waals surface area (Å²) in [6, 6.07) is 14.0. The smallest absolute Gasteiger partial charge is 0.231 e. The van der Waals surface area contributed by atoms with Crippen LogP contribution in [0.4, 0.5) is 5.69 Å². The Hall–Kier alpha value is -2.09. The third kappa shape index (κ3) is 3.08. The van der Waals surface area contributed by atoms with Crippen LogP contribution < -0.4 is 5.32 Å². The Kier molecular flexibility index (Phi) is 4.23. The summed E-state index contributed by atoms with van der Waals surface area (Å²) in [5.74, 6) is -0.123. The molecule has 0 bridgehead atoms. The average molecular weight is 267 g/mol. The molecule has 0 saturated carbocycles. The first-order valence-electron chi connectivity index (χ1n) is 6.92. The van der Waals surface area contributed by atoms with E-state index in [2.05, 4.69) is 24.4 Å². The van der Waals surface area contributed by atoms with Crippen molar-refractivity contribution >= 4 is 11.6 Å². The van der Waals surface area contributed by atoms with E-state index in [-0.39, 0.29) is 11.8 Å². The first kappa shape index (κ1) is 14.3. The molecule has 0 spiro atoms. The van der Waals surface area contributed by atoms with Gasteiger partial charge >= 0.3 is 0 Å². The zero-order chi connectivity index (χ0) is 14.7. The molecule has 0 aromatic heterocycles. The number of aryl methyl sites for hydroxylation is 3. The number of anilines is 1. The predicted octanol–water partition coefficient (Wildman–Crippen LogP) is 4.35. The van der Waals surface area contributed by atoms with Crippen LogP contribution >= 0.6 is 0 Å². The number of carbonyl (C=O) groups excluding carboxylic acids is 1. The number of hydrogen-bond acceptors (Lipinski definition) is 1. The Labute approximate surface area is 120 Å². The molecular weight excluding hydrogens is 246 g/mol. The van der Waals surface area contributed by atoms with Crippen LogP contribution in [0.1, 0.15) is 35.1 Å². The zero-order valence-corrected chi connectivity index (χ0v) is 12.5. The summed E-state index contributed by atoms with van der Waals surface area (Å²) in [4.78, 5) is 12.4. The lowest BCUT2D eigenvalue weighted by molar-refractivity contribution is -0.117. The van der Waals surface area contributed by atoms with Crippen molar-refractivity contribution in [3.05, 3.63) is 64.7 Å². The Morgan fingerprint density at radius 1 is 1.00 bits per heavy atom. The molecule has 0 aliphatic carbocycles. The highest BCUT2D eigenvalue weighted by molar-refractivity contribution is 5.96. The van der Waals surface area contributed by atoms with E-state index in [0.29, 0.717) is 0 Å². The molecule has 1 amide bonds. The topological polar surface area (TPSA) is 29.1 Å². The van der Waals surface area contributed by atoms with Crippen LogP contribution in [0.25, 0.3) is 0 Å². The molecule has 0 saturated heterocycles. The minimum absolute atomic E-state index is 0.0336. The average Bonchev–Trinajstić information content (AvgIpc) is 2.42. The van der Waals surface area contributed by atoms with Crippen LogP contribution in [0.15, 0.2) is 42.5 Å². The molecule has 0 aliphatic heterocycles. The quantitative estimate of drug-likeness (QED) is 0.880. The lowest BCUT2D eigenvalue weighted by Gasteiger charge is -2.16. The van der Waals surface area contributed by atoms with Gasteiger partial charge in [0, 0.05) is 5.69 Å². The summed E-state index contributed by atoms with van der Waals surface area (Å²) in [5, 5.41) is 3.07. The summed E-state index contributed by atoms with van der Waals surface area (Å²) >= 11 is 0. The first-order chi connectivity index (χ1) is 9.49. The van der Waals surface area contributed by atoms with E-state index in [9.17, 15) is 4.79 Å². The van der Waals surface area contributed by atoms with Crippen LogP contribution in [-0.4, -0.2) is 5.91 Å². The van der Waals surface area contributed by atoms with Gasteiger partial charge in [0.1, 0.15) is 0 Å². The molecule has 0 aliphatic rings. The monoisotopic (exact) mass is 267 g/mol. The van der Waals surface area contributed by atoms with Crippen molar-refractivity contribution in [2.75, 3.05) is 5.32 Å². The minimum atomic E-state index is -0.156. The van der Waals surface area contributed by atoms with Gasteiger partial charge in [0.2, 0.25) is 5.91 Å². The van der Waals surface area contributed by atoms with Gasteiger partial charge in [-0.1, -0.05) is 48.0 Å². The van der Waals surface area contributed by atoms with Crippen molar-refractivity contribution in [2.24, 2.45) is 0 Å². The lowest BCUT2D eigenvalue weighted by atomic mass is 9.99. The van der Waals surface area contributed by atoms with Crippen LogP contribution in [0.2, 0.25) is 0 Å². The summed E-state index contributed by atoms with van der Waals surface area (Å²) in [5.41, 5.74) is 5.40. The van der Waals surface area contributed by atoms with Crippen molar-refractivity contribution in [2.45, 2.75) is 33.6 Å². The van der Waals surface area contributed by atoms with Gasteiger partial charge < -0.3 is 5.32 Å². The van der Waals surface area contributed by atoms with E-state index in [0.717, 1.165) is 22.4 Å².